The van der Waals surface area contributed by atoms with Gasteiger partial charge in [-0.3, -0.25) is 9.59 Å². The predicted molar refractivity (Wildman–Crippen MR) is 45.1 cm³/mol. The van der Waals surface area contributed by atoms with Gasteiger partial charge in [-0.15, -0.1) is 0 Å². The van der Waals surface area contributed by atoms with Gasteiger partial charge in [-0.25, -0.2) is 0 Å². The second kappa shape index (κ2) is 4.25. The molecule has 0 saturated heterocycles. The summed E-state index contributed by atoms with van der Waals surface area (Å²) < 4.78 is 5.02. The number of ether oxygens (including phenoxy) is 1. The van der Waals surface area contributed by atoms with Crippen molar-refractivity contribution in [2.75, 3.05) is 0 Å². The molecule has 0 aromatic rings. The molecule has 0 spiro atoms. The Morgan fingerprint density at radius 3 is 2.69 bits per heavy atom. The lowest BCUT2D eigenvalue weighted by Crippen LogP contribution is -2.22. The monoisotopic (exact) mass is 186 g/mol. The lowest BCUT2D eigenvalue weighted by molar-refractivity contribution is -0.150. The number of hydrogen-bond acceptors (Lipinski definition) is 3. The molecule has 0 bridgehead atoms. The van der Waals surface area contributed by atoms with Crippen molar-refractivity contribution < 1.29 is 19.4 Å². The molecule has 0 unspecified atom stereocenters. The highest BCUT2D eigenvalue weighted by molar-refractivity contribution is 5.68. The van der Waals surface area contributed by atoms with Gasteiger partial charge >= 0.3 is 11.9 Å². The first kappa shape index (κ1) is 10.0. The third-order valence-corrected chi connectivity index (χ3v) is 2.34. The van der Waals surface area contributed by atoms with Crippen LogP contribution < -0.4 is 0 Å². The van der Waals surface area contributed by atoms with Gasteiger partial charge in [-0.05, 0) is 19.3 Å². The van der Waals surface area contributed by atoms with E-state index >= 15 is 0 Å². The van der Waals surface area contributed by atoms with Gasteiger partial charge in [-0.1, -0.05) is 0 Å². The molecule has 4 nitrogen and oxygen atoms in total. The molecule has 0 aliphatic heterocycles. The highest BCUT2D eigenvalue weighted by atomic mass is 16.5. The molecule has 0 amide bonds. The van der Waals surface area contributed by atoms with Crippen LogP contribution in [0.3, 0.4) is 0 Å². The summed E-state index contributed by atoms with van der Waals surface area (Å²) in [6.07, 6.45) is 2.55. The molecule has 4 heteroatoms. The summed E-state index contributed by atoms with van der Waals surface area (Å²) in [5, 5.41) is 8.59. The molecular weight excluding hydrogens is 172 g/mol. The second-order valence-corrected chi connectivity index (χ2v) is 3.44. The summed E-state index contributed by atoms with van der Waals surface area (Å²) in [6.45, 7) is 1.36. The lowest BCUT2D eigenvalue weighted by Gasteiger charge is -2.17. The number of carboxylic acids is 1. The van der Waals surface area contributed by atoms with Gasteiger partial charge < -0.3 is 9.84 Å². The third-order valence-electron chi connectivity index (χ3n) is 2.34. The molecule has 1 fully saturated rings. The number of carbonyl (C=O) groups excluding carboxylic acids is 1. The minimum atomic E-state index is -0.816. The first-order valence-corrected chi connectivity index (χ1v) is 4.48. The lowest BCUT2D eigenvalue weighted by atomic mass is 10.0. The molecule has 1 rings (SSSR count). The van der Waals surface area contributed by atoms with E-state index in [1.807, 2.05) is 0 Å². The Hall–Kier alpha value is -1.06. The molecule has 0 aromatic heterocycles. The van der Waals surface area contributed by atoms with Crippen LogP contribution in [0, 0.1) is 5.92 Å². The van der Waals surface area contributed by atoms with E-state index in [0.29, 0.717) is 0 Å². The summed E-state index contributed by atoms with van der Waals surface area (Å²) in [6, 6.07) is 0. The van der Waals surface area contributed by atoms with Gasteiger partial charge in [-0.2, -0.15) is 0 Å². The third kappa shape index (κ3) is 3.05. The van der Waals surface area contributed by atoms with Crippen molar-refractivity contribution in [1.29, 1.82) is 0 Å². The Labute approximate surface area is 76.9 Å². The molecule has 74 valence electrons. The van der Waals surface area contributed by atoms with Crippen LogP contribution in [-0.2, 0) is 14.3 Å². The minimum absolute atomic E-state index is 0.0152. The summed E-state index contributed by atoms with van der Waals surface area (Å²) >= 11 is 0. The molecule has 0 radical (unpaired) electrons. The van der Waals surface area contributed by atoms with Gasteiger partial charge in [0.25, 0.3) is 0 Å². The fourth-order valence-corrected chi connectivity index (χ4v) is 1.83. The maximum atomic E-state index is 10.7. The van der Waals surface area contributed by atoms with E-state index in [-0.39, 0.29) is 24.4 Å². The quantitative estimate of drug-likeness (QED) is 0.672. The van der Waals surface area contributed by atoms with E-state index in [9.17, 15) is 9.59 Å². The van der Waals surface area contributed by atoms with Crippen molar-refractivity contribution in [3.63, 3.8) is 0 Å². The molecule has 1 aliphatic carbocycles. The zero-order chi connectivity index (χ0) is 9.84. The number of carboxylic acid groups (broad SMARTS) is 1. The van der Waals surface area contributed by atoms with Gasteiger partial charge in [0.1, 0.15) is 6.10 Å². The van der Waals surface area contributed by atoms with E-state index in [1.54, 1.807) is 0 Å². The zero-order valence-electron chi connectivity index (χ0n) is 7.66. The first-order valence-electron chi connectivity index (χ1n) is 4.48. The maximum Gasteiger partial charge on any atom is 0.303 e. The first-order chi connectivity index (χ1) is 6.09. The van der Waals surface area contributed by atoms with Crippen molar-refractivity contribution in [3.8, 4) is 0 Å². The molecule has 2 atom stereocenters. The fourth-order valence-electron chi connectivity index (χ4n) is 1.83. The summed E-state index contributed by atoms with van der Waals surface area (Å²) in [7, 11) is 0. The van der Waals surface area contributed by atoms with Crippen LogP contribution in [0.1, 0.15) is 32.6 Å². The van der Waals surface area contributed by atoms with Crippen molar-refractivity contribution in [1.82, 2.24) is 0 Å². The second-order valence-electron chi connectivity index (χ2n) is 3.44. The topological polar surface area (TPSA) is 63.6 Å². The Morgan fingerprint density at radius 1 is 1.46 bits per heavy atom. The van der Waals surface area contributed by atoms with Crippen LogP contribution >= 0.6 is 0 Å². The number of rotatable bonds is 3. The fraction of sp³-hybridized carbons (Fsp3) is 0.778. The molecule has 1 N–H and O–H groups in total. The van der Waals surface area contributed by atoms with Gasteiger partial charge in [0.15, 0.2) is 0 Å². The van der Waals surface area contributed by atoms with Crippen molar-refractivity contribution in [2.45, 2.75) is 38.7 Å². The number of carbonyl (C=O) groups is 2. The Balaban J connectivity index is 2.43. The van der Waals surface area contributed by atoms with Crippen LogP contribution in [0.2, 0.25) is 0 Å². The van der Waals surface area contributed by atoms with Gasteiger partial charge in [0.05, 0.1) is 6.42 Å². The van der Waals surface area contributed by atoms with E-state index < -0.39 is 5.97 Å². The predicted octanol–water partition coefficient (Wildman–Crippen LogP) is 1.19. The molecule has 13 heavy (non-hydrogen) atoms. The van der Waals surface area contributed by atoms with E-state index in [4.69, 9.17) is 9.84 Å². The Morgan fingerprint density at radius 2 is 2.15 bits per heavy atom. The molecule has 1 aliphatic rings. The zero-order valence-corrected chi connectivity index (χ0v) is 7.66. The van der Waals surface area contributed by atoms with Crippen molar-refractivity contribution in [3.05, 3.63) is 0 Å². The normalized spacial score (nSPS) is 27.2. The van der Waals surface area contributed by atoms with Crippen LogP contribution in [0.25, 0.3) is 0 Å². The minimum Gasteiger partial charge on any atom is -0.481 e. The van der Waals surface area contributed by atoms with Gasteiger partial charge in [0.2, 0.25) is 0 Å². The average Bonchev–Trinajstić information content (AvgIpc) is 2.34. The summed E-state index contributed by atoms with van der Waals surface area (Å²) in [5.41, 5.74) is 0. The Kier molecular flexibility index (Phi) is 3.28. The number of esters is 1. The standard InChI is InChI=1S/C9H14O4/c1-6(10)13-8-4-2-3-7(8)5-9(11)12/h7-8H,2-5H2,1H3,(H,11,12)/t7-,8-/m0/s1. The molecule has 0 heterocycles. The van der Waals surface area contributed by atoms with E-state index in [1.165, 1.54) is 6.92 Å². The van der Waals surface area contributed by atoms with Crippen molar-refractivity contribution >= 4 is 11.9 Å². The highest BCUT2D eigenvalue weighted by Gasteiger charge is 2.31. The van der Waals surface area contributed by atoms with Crippen LogP contribution in [0.4, 0.5) is 0 Å². The van der Waals surface area contributed by atoms with Crippen molar-refractivity contribution in [2.24, 2.45) is 5.92 Å². The number of aliphatic carboxylic acids is 1. The molecule has 1 saturated carbocycles. The SMILES string of the molecule is CC(=O)O[C@H]1CCC[C@H]1CC(=O)O. The maximum absolute atomic E-state index is 10.7. The summed E-state index contributed by atoms with van der Waals surface area (Å²) in [4.78, 5) is 21.1. The van der Waals surface area contributed by atoms with E-state index in [2.05, 4.69) is 0 Å². The van der Waals surface area contributed by atoms with Gasteiger partial charge in [0, 0.05) is 12.8 Å². The van der Waals surface area contributed by atoms with Crippen LogP contribution in [0.15, 0.2) is 0 Å². The van der Waals surface area contributed by atoms with Crippen LogP contribution in [-0.4, -0.2) is 23.1 Å². The highest BCUT2D eigenvalue weighted by Crippen LogP contribution is 2.30. The average molecular weight is 186 g/mol. The van der Waals surface area contributed by atoms with Crippen LogP contribution in [0.5, 0.6) is 0 Å². The summed E-state index contributed by atoms with van der Waals surface area (Å²) in [5.74, 6) is -1.12. The largest absolute Gasteiger partial charge is 0.481 e. The molecular formula is C9H14O4. The van der Waals surface area contributed by atoms with E-state index in [0.717, 1.165) is 19.3 Å². The molecule has 0 aromatic carbocycles. The number of hydrogen-bond donors (Lipinski definition) is 1. The smallest absolute Gasteiger partial charge is 0.303 e. The Bertz CT molecular complexity index is 190.